The molecule has 2 aromatic heterocycles. The van der Waals surface area contributed by atoms with Gasteiger partial charge in [0, 0.05) is 38.8 Å². The number of furan rings is 1. The Labute approximate surface area is 164 Å². The molecule has 0 atom stereocenters. The Morgan fingerprint density at radius 1 is 1.24 bits per heavy atom. The van der Waals surface area contributed by atoms with E-state index in [2.05, 4.69) is 10.00 Å². The number of aliphatic carboxylic acids is 1. The fourth-order valence-electron chi connectivity index (χ4n) is 3.43. The van der Waals surface area contributed by atoms with Crippen molar-refractivity contribution in [1.29, 1.82) is 0 Å². The van der Waals surface area contributed by atoms with Crippen molar-refractivity contribution in [3.05, 3.63) is 41.1 Å². The largest absolute Gasteiger partial charge is 0.490 e. The molecule has 1 N–H and O–H groups in total. The summed E-state index contributed by atoms with van der Waals surface area (Å²) in [7, 11) is 1.93. The monoisotopic (exact) mass is 414 g/mol. The maximum atomic E-state index is 12.7. The quantitative estimate of drug-likeness (QED) is 0.829. The minimum atomic E-state index is -5.08. The highest BCUT2D eigenvalue weighted by molar-refractivity contribution is 5.94. The number of hydrogen-bond donors (Lipinski definition) is 1. The van der Waals surface area contributed by atoms with Gasteiger partial charge in [0.1, 0.15) is 5.76 Å². The predicted octanol–water partition coefficient (Wildman–Crippen LogP) is 2.40. The van der Waals surface area contributed by atoms with Gasteiger partial charge in [-0.15, -0.1) is 0 Å². The third-order valence-electron chi connectivity index (χ3n) is 4.83. The van der Waals surface area contributed by atoms with E-state index >= 15 is 0 Å². The molecule has 2 aromatic rings. The van der Waals surface area contributed by atoms with E-state index in [-0.39, 0.29) is 5.91 Å². The Balaban J connectivity index is 0.000000298. The Morgan fingerprint density at radius 2 is 1.90 bits per heavy atom. The average molecular weight is 414 g/mol. The molecule has 2 aliphatic heterocycles. The van der Waals surface area contributed by atoms with Gasteiger partial charge in [0.2, 0.25) is 0 Å². The molecule has 0 spiro atoms. The van der Waals surface area contributed by atoms with Gasteiger partial charge in [0.05, 0.1) is 18.5 Å². The number of carbonyl (C=O) groups excluding carboxylic acids is 1. The fourth-order valence-corrected chi connectivity index (χ4v) is 3.43. The molecule has 1 amide bonds. The van der Waals surface area contributed by atoms with E-state index in [4.69, 9.17) is 14.3 Å². The molecule has 0 aliphatic carbocycles. The molecule has 1 fully saturated rings. The molecule has 11 heteroatoms. The van der Waals surface area contributed by atoms with Crippen LogP contribution in [0.1, 0.15) is 40.3 Å². The Morgan fingerprint density at radius 3 is 2.45 bits per heavy atom. The van der Waals surface area contributed by atoms with Crippen LogP contribution in [0.3, 0.4) is 0 Å². The minimum absolute atomic E-state index is 0.0919. The lowest BCUT2D eigenvalue weighted by Gasteiger charge is -2.16. The number of hydrogen-bond acceptors (Lipinski definition) is 5. The summed E-state index contributed by atoms with van der Waals surface area (Å²) in [4.78, 5) is 25.8. The maximum Gasteiger partial charge on any atom is 0.490 e. The van der Waals surface area contributed by atoms with Gasteiger partial charge in [-0.25, -0.2) is 4.79 Å². The van der Waals surface area contributed by atoms with E-state index in [0.29, 0.717) is 5.69 Å². The zero-order valence-electron chi connectivity index (χ0n) is 15.8. The van der Waals surface area contributed by atoms with E-state index in [9.17, 15) is 18.0 Å². The van der Waals surface area contributed by atoms with Crippen LogP contribution >= 0.6 is 0 Å². The number of aryl methyl sites for hydroxylation is 1. The van der Waals surface area contributed by atoms with E-state index < -0.39 is 12.1 Å². The average Bonchev–Trinajstić information content (AvgIpc) is 3.41. The molecule has 8 nitrogen and oxygen atoms in total. The van der Waals surface area contributed by atoms with E-state index in [1.807, 2.05) is 28.8 Å². The summed E-state index contributed by atoms with van der Waals surface area (Å²) in [6, 6.07) is 3.89. The Kier molecular flexibility index (Phi) is 5.96. The predicted molar refractivity (Wildman–Crippen MR) is 93.7 cm³/mol. The number of rotatable bonds is 3. The number of fused-ring (bicyclic) bond motifs is 1. The van der Waals surface area contributed by atoms with Crippen LogP contribution in [0.5, 0.6) is 0 Å². The van der Waals surface area contributed by atoms with E-state index in [1.165, 1.54) is 0 Å². The van der Waals surface area contributed by atoms with Crippen LogP contribution in [0.4, 0.5) is 13.2 Å². The lowest BCUT2D eigenvalue weighted by Crippen LogP contribution is -2.29. The summed E-state index contributed by atoms with van der Waals surface area (Å²) in [5, 5.41) is 11.6. The molecule has 0 unspecified atom stereocenters. The SMILES string of the molecule is Cn1nc(C(=O)N2CCCC2)c2c1CN(Cc1ccco1)C2.O=C(O)C(F)(F)F. The molecule has 158 valence electrons. The number of amides is 1. The van der Waals surface area contributed by atoms with Crippen molar-refractivity contribution in [2.24, 2.45) is 7.05 Å². The molecule has 0 saturated carbocycles. The molecule has 29 heavy (non-hydrogen) atoms. The van der Waals surface area contributed by atoms with Crippen LogP contribution in [-0.4, -0.2) is 55.8 Å². The van der Waals surface area contributed by atoms with Crippen molar-refractivity contribution in [2.75, 3.05) is 13.1 Å². The van der Waals surface area contributed by atoms with Gasteiger partial charge >= 0.3 is 12.1 Å². The topological polar surface area (TPSA) is 91.8 Å². The van der Waals surface area contributed by atoms with Crippen molar-refractivity contribution >= 4 is 11.9 Å². The molecule has 4 heterocycles. The first-order valence-electron chi connectivity index (χ1n) is 9.05. The molecule has 0 bridgehead atoms. The normalized spacial score (nSPS) is 16.5. The van der Waals surface area contributed by atoms with Crippen LogP contribution in [0.25, 0.3) is 0 Å². The second kappa shape index (κ2) is 8.27. The van der Waals surface area contributed by atoms with Crippen molar-refractivity contribution in [3.63, 3.8) is 0 Å². The second-order valence-electron chi connectivity index (χ2n) is 6.92. The number of halogens is 3. The molecule has 4 rings (SSSR count). The van der Waals surface area contributed by atoms with E-state index in [0.717, 1.165) is 62.6 Å². The molecular weight excluding hydrogens is 393 g/mol. The number of carbonyl (C=O) groups is 2. The summed E-state index contributed by atoms with van der Waals surface area (Å²) >= 11 is 0. The first-order chi connectivity index (χ1) is 13.7. The molecule has 1 saturated heterocycles. The van der Waals surface area contributed by atoms with Crippen LogP contribution in [0, 0.1) is 0 Å². The highest BCUT2D eigenvalue weighted by Crippen LogP contribution is 2.28. The maximum absolute atomic E-state index is 12.7. The fraction of sp³-hybridized carbons (Fsp3) is 0.500. The third kappa shape index (κ3) is 4.78. The zero-order chi connectivity index (χ0) is 21.2. The Bertz CT molecular complexity index is 871. The number of aromatic nitrogens is 2. The van der Waals surface area contributed by atoms with Gasteiger partial charge in [-0.05, 0) is 25.0 Å². The molecule has 2 aliphatic rings. The number of nitrogens with zero attached hydrogens (tertiary/aromatic N) is 4. The zero-order valence-corrected chi connectivity index (χ0v) is 15.8. The van der Waals surface area contributed by atoms with Crippen LogP contribution in [0.2, 0.25) is 0 Å². The van der Waals surface area contributed by atoms with Crippen molar-refractivity contribution in [3.8, 4) is 0 Å². The van der Waals surface area contributed by atoms with Gasteiger partial charge in [0.25, 0.3) is 5.91 Å². The smallest absolute Gasteiger partial charge is 0.475 e. The van der Waals surface area contributed by atoms with Gasteiger partial charge in [-0.3, -0.25) is 14.4 Å². The standard InChI is InChI=1S/C16H20N4O2.C2HF3O2/c1-18-14-11-19(9-12-5-4-8-22-12)10-13(14)15(17-18)16(21)20-6-2-3-7-20;3-2(4,5)1(6)7/h4-5,8H,2-3,6-7,9-11H2,1H3;(H,6,7). The van der Waals surface area contributed by atoms with Crippen molar-refractivity contribution in [1.82, 2.24) is 19.6 Å². The van der Waals surface area contributed by atoms with Gasteiger partial charge < -0.3 is 14.4 Å². The van der Waals surface area contributed by atoms with Crippen LogP contribution in [-0.2, 0) is 31.5 Å². The van der Waals surface area contributed by atoms with Crippen molar-refractivity contribution in [2.45, 2.75) is 38.7 Å². The number of carboxylic acids is 1. The summed E-state index contributed by atoms with van der Waals surface area (Å²) in [5.41, 5.74) is 2.88. The van der Waals surface area contributed by atoms with Crippen LogP contribution in [0.15, 0.2) is 22.8 Å². The second-order valence-corrected chi connectivity index (χ2v) is 6.92. The van der Waals surface area contributed by atoms with Gasteiger partial charge in [-0.2, -0.15) is 18.3 Å². The van der Waals surface area contributed by atoms with E-state index in [1.54, 1.807) is 6.26 Å². The lowest BCUT2D eigenvalue weighted by molar-refractivity contribution is -0.192. The van der Waals surface area contributed by atoms with Crippen molar-refractivity contribution < 1.29 is 32.3 Å². The first-order valence-corrected chi connectivity index (χ1v) is 9.05. The van der Waals surface area contributed by atoms with Gasteiger partial charge in [0.15, 0.2) is 5.69 Å². The Hall–Kier alpha value is -2.82. The lowest BCUT2D eigenvalue weighted by atomic mass is 10.2. The first kappa shape index (κ1) is 20.9. The number of alkyl halides is 3. The molecule has 0 radical (unpaired) electrons. The number of carboxylic acid groups (broad SMARTS) is 1. The molecule has 0 aromatic carbocycles. The highest BCUT2D eigenvalue weighted by Gasteiger charge is 2.38. The summed E-state index contributed by atoms with van der Waals surface area (Å²) in [6.45, 7) is 4.06. The third-order valence-corrected chi connectivity index (χ3v) is 4.83. The molecular formula is C18H21F3N4O4. The highest BCUT2D eigenvalue weighted by atomic mass is 19.4. The summed E-state index contributed by atoms with van der Waals surface area (Å²) < 4.78 is 39.0. The summed E-state index contributed by atoms with van der Waals surface area (Å²) in [6.07, 6.45) is -1.18. The van der Waals surface area contributed by atoms with Crippen LogP contribution < -0.4 is 0 Å². The number of likely N-dealkylation sites (tertiary alicyclic amines) is 1. The minimum Gasteiger partial charge on any atom is -0.475 e. The summed E-state index contributed by atoms with van der Waals surface area (Å²) in [5.74, 6) is -1.71. The van der Waals surface area contributed by atoms with Gasteiger partial charge in [-0.1, -0.05) is 0 Å².